The van der Waals surface area contributed by atoms with Crippen molar-refractivity contribution in [2.75, 3.05) is 19.6 Å². The van der Waals surface area contributed by atoms with E-state index in [0.717, 1.165) is 31.9 Å². The number of nitrogens with zero attached hydrogens (tertiary/aromatic N) is 3. The maximum atomic E-state index is 12.1. The van der Waals surface area contributed by atoms with Gasteiger partial charge in [0.1, 0.15) is 5.82 Å². The molecule has 0 bridgehead atoms. The summed E-state index contributed by atoms with van der Waals surface area (Å²) in [5.41, 5.74) is 0. The number of aromatic nitrogens is 3. The van der Waals surface area contributed by atoms with E-state index in [4.69, 9.17) is 0 Å². The Hall–Kier alpha value is -1.43. The van der Waals surface area contributed by atoms with Crippen molar-refractivity contribution in [3.63, 3.8) is 0 Å². The molecule has 1 aliphatic rings. The Labute approximate surface area is 94.4 Å². The van der Waals surface area contributed by atoms with E-state index < -0.39 is 0 Å². The molecule has 16 heavy (non-hydrogen) atoms. The molecule has 1 amide bonds. The van der Waals surface area contributed by atoms with Crippen molar-refractivity contribution in [1.82, 2.24) is 25.4 Å². The summed E-state index contributed by atoms with van der Waals surface area (Å²) in [7, 11) is 0. The lowest BCUT2D eigenvalue weighted by Gasteiger charge is -2.33. The molecule has 1 aromatic rings. The normalized spacial score (nSPS) is 21.1. The van der Waals surface area contributed by atoms with Crippen LogP contribution in [0.4, 0.5) is 0 Å². The lowest BCUT2D eigenvalue weighted by atomic mass is 10.2. The van der Waals surface area contributed by atoms with E-state index in [0.29, 0.717) is 0 Å². The highest BCUT2D eigenvalue weighted by atomic mass is 16.2. The monoisotopic (exact) mass is 223 g/mol. The second kappa shape index (κ2) is 4.61. The first-order chi connectivity index (χ1) is 7.72. The number of nitrogens with one attached hydrogen (secondary N) is 2. The van der Waals surface area contributed by atoms with Gasteiger partial charge < -0.3 is 10.2 Å². The van der Waals surface area contributed by atoms with E-state index >= 15 is 0 Å². The number of amides is 1. The van der Waals surface area contributed by atoms with E-state index in [1.54, 1.807) is 0 Å². The fraction of sp³-hybridized carbons (Fsp3) is 0.700. The summed E-state index contributed by atoms with van der Waals surface area (Å²) in [6, 6.07) is 0.199. The number of rotatable bonds is 2. The van der Waals surface area contributed by atoms with Crippen LogP contribution in [0.15, 0.2) is 0 Å². The van der Waals surface area contributed by atoms with Gasteiger partial charge in [0.15, 0.2) is 0 Å². The van der Waals surface area contributed by atoms with E-state index in [2.05, 4.69) is 20.5 Å². The van der Waals surface area contributed by atoms with Crippen LogP contribution >= 0.6 is 0 Å². The van der Waals surface area contributed by atoms with E-state index in [1.165, 1.54) is 0 Å². The molecule has 0 aromatic carbocycles. The van der Waals surface area contributed by atoms with Gasteiger partial charge in [-0.15, -0.1) is 5.10 Å². The first kappa shape index (κ1) is 11.1. The van der Waals surface area contributed by atoms with E-state index in [-0.39, 0.29) is 17.8 Å². The molecule has 6 nitrogen and oxygen atoms in total. The van der Waals surface area contributed by atoms with Crippen LogP contribution < -0.4 is 5.32 Å². The first-order valence-electron chi connectivity index (χ1n) is 5.65. The molecule has 1 atom stereocenters. The fourth-order valence-corrected chi connectivity index (χ4v) is 1.82. The Morgan fingerprint density at radius 1 is 1.62 bits per heavy atom. The topological polar surface area (TPSA) is 73.9 Å². The molecule has 2 rings (SSSR count). The van der Waals surface area contributed by atoms with Crippen molar-refractivity contribution >= 4 is 5.91 Å². The van der Waals surface area contributed by atoms with E-state index in [1.807, 2.05) is 18.7 Å². The third-order valence-corrected chi connectivity index (χ3v) is 2.82. The van der Waals surface area contributed by atoms with Crippen LogP contribution in [0.3, 0.4) is 0 Å². The fourth-order valence-electron chi connectivity index (χ4n) is 1.82. The molecule has 0 saturated carbocycles. The summed E-state index contributed by atoms with van der Waals surface area (Å²) >= 11 is 0. The predicted octanol–water partition coefficient (Wildman–Crippen LogP) is -0.199. The van der Waals surface area contributed by atoms with Crippen molar-refractivity contribution < 1.29 is 4.79 Å². The maximum absolute atomic E-state index is 12.1. The summed E-state index contributed by atoms with van der Waals surface area (Å²) in [5.74, 6) is 0.960. The van der Waals surface area contributed by atoms with Gasteiger partial charge in [0.25, 0.3) is 5.91 Å². The van der Waals surface area contributed by atoms with Gasteiger partial charge in [-0.3, -0.25) is 9.89 Å². The number of carbonyl (C=O) groups is 1. The van der Waals surface area contributed by atoms with Gasteiger partial charge >= 0.3 is 0 Å². The van der Waals surface area contributed by atoms with Crippen LogP contribution in [-0.4, -0.2) is 51.7 Å². The smallest absolute Gasteiger partial charge is 0.293 e. The molecule has 0 aliphatic carbocycles. The number of aryl methyl sites for hydroxylation is 1. The molecule has 88 valence electrons. The van der Waals surface area contributed by atoms with Crippen LogP contribution in [0.1, 0.15) is 30.3 Å². The highest BCUT2D eigenvalue weighted by molar-refractivity contribution is 5.90. The number of H-pyrrole nitrogens is 1. The maximum Gasteiger partial charge on any atom is 0.293 e. The molecule has 0 radical (unpaired) electrons. The molecule has 2 N–H and O–H groups in total. The average molecular weight is 223 g/mol. The predicted molar refractivity (Wildman–Crippen MR) is 59.1 cm³/mol. The van der Waals surface area contributed by atoms with Crippen molar-refractivity contribution in [3.8, 4) is 0 Å². The minimum Gasteiger partial charge on any atom is -0.331 e. The molecule has 6 heteroatoms. The second-order valence-corrected chi connectivity index (χ2v) is 4.01. The van der Waals surface area contributed by atoms with Gasteiger partial charge in [0.05, 0.1) is 0 Å². The second-order valence-electron chi connectivity index (χ2n) is 4.01. The number of carbonyl (C=O) groups excluding carboxylic acids is 1. The van der Waals surface area contributed by atoms with Crippen LogP contribution in [0.5, 0.6) is 0 Å². The molecule has 1 aliphatic heterocycles. The molecule has 1 fully saturated rings. The Kier molecular flexibility index (Phi) is 3.19. The number of aromatic amines is 1. The highest BCUT2D eigenvalue weighted by Crippen LogP contribution is 2.07. The molecule has 1 unspecified atom stereocenters. The van der Waals surface area contributed by atoms with Gasteiger partial charge in [-0.25, -0.2) is 4.98 Å². The van der Waals surface area contributed by atoms with Crippen molar-refractivity contribution in [1.29, 1.82) is 0 Å². The zero-order chi connectivity index (χ0) is 11.5. The Morgan fingerprint density at radius 3 is 3.06 bits per heavy atom. The lowest BCUT2D eigenvalue weighted by Crippen LogP contribution is -2.52. The van der Waals surface area contributed by atoms with Gasteiger partial charge in [-0.1, -0.05) is 6.92 Å². The molecular weight excluding hydrogens is 206 g/mol. The summed E-state index contributed by atoms with van der Waals surface area (Å²) in [6.45, 7) is 6.38. The van der Waals surface area contributed by atoms with Crippen molar-refractivity contribution in [2.45, 2.75) is 26.3 Å². The minimum atomic E-state index is -0.0787. The zero-order valence-corrected chi connectivity index (χ0v) is 9.66. The standard InChI is InChI=1S/C10H17N5O/c1-3-8-12-9(14-13-8)10(16)15-5-4-11-6-7(15)2/h7,11H,3-6H2,1-2H3,(H,12,13,14). The van der Waals surface area contributed by atoms with Gasteiger partial charge in [0.2, 0.25) is 5.82 Å². The molecule has 1 aromatic heterocycles. The summed E-state index contributed by atoms with van der Waals surface area (Å²) in [6.07, 6.45) is 0.761. The Bertz CT molecular complexity index is 375. The average Bonchev–Trinajstić information content (AvgIpc) is 2.77. The largest absolute Gasteiger partial charge is 0.331 e. The van der Waals surface area contributed by atoms with Crippen molar-refractivity contribution in [2.24, 2.45) is 0 Å². The molecular formula is C10H17N5O. The molecule has 0 spiro atoms. The third kappa shape index (κ3) is 2.06. The van der Waals surface area contributed by atoms with Crippen LogP contribution in [0.25, 0.3) is 0 Å². The van der Waals surface area contributed by atoms with Crippen LogP contribution in [0, 0.1) is 0 Å². The Morgan fingerprint density at radius 2 is 2.44 bits per heavy atom. The quantitative estimate of drug-likeness (QED) is 0.728. The number of hydrogen-bond acceptors (Lipinski definition) is 4. The minimum absolute atomic E-state index is 0.0787. The SMILES string of the molecule is CCc1nc(C(=O)N2CCNCC2C)n[nH]1. The number of hydrogen-bond donors (Lipinski definition) is 2. The van der Waals surface area contributed by atoms with Crippen LogP contribution in [-0.2, 0) is 6.42 Å². The van der Waals surface area contributed by atoms with Gasteiger partial charge in [0, 0.05) is 32.1 Å². The summed E-state index contributed by atoms with van der Waals surface area (Å²) in [5, 5.41) is 9.96. The summed E-state index contributed by atoms with van der Waals surface area (Å²) in [4.78, 5) is 18.1. The number of piperazine rings is 1. The van der Waals surface area contributed by atoms with Gasteiger partial charge in [-0.2, -0.15) is 0 Å². The molecule has 2 heterocycles. The van der Waals surface area contributed by atoms with Gasteiger partial charge in [-0.05, 0) is 6.92 Å². The van der Waals surface area contributed by atoms with E-state index in [9.17, 15) is 4.79 Å². The third-order valence-electron chi connectivity index (χ3n) is 2.82. The summed E-state index contributed by atoms with van der Waals surface area (Å²) < 4.78 is 0. The lowest BCUT2D eigenvalue weighted by molar-refractivity contribution is 0.0643. The Balaban J connectivity index is 2.11. The first-order valence-corrected chi connectivity index (χ1v) is 5.65. The van der Waals surface area contributed by atoms with Crippen molar-refractivity contribution in [3.05, 3.63) is 11.6 Å². The van der Waals surface area contributed by atoms with Crippen LogP contribution in [0.2, 0.25) is 0 Å². The highest BCUT2D eigenvalue weighted by Gasteiger charge is 2.26. The molecule has 1 saturated heterocycles. The zero-order valence-electron chi connectivity index (χ0n) is 9.66.